The van der Waals surface area contributed by atoms with Gasteiger partial charge < -0.3 is 14.4 Å². The van der Waals surface area contributed by atoms with Crippen molar-refractivity contribution in [1.29, 1.82) is 0 Å². The molecule has 3 heterocycles. The number of hydrogen-bond acceptors (Lipinski definition) is 6. The second kappa shape index (κ2) is 6.69. The standard InChI is InChI=1S/C21H23N3O2S/c1-14-3-6-19-20(15(14)2)22-21(27-19)24-9-7-23(8-10-24)12-16-4-5-17-18(11-16)26-13-25-17/h3-6,11H,7-10,12-13H2,1-2H3. The van der Waals surface area contributed by atoms with E-state index < -0.39 is 0 Å². The maximum Gasteiger partial charge on any atom is 0.231 e. The molecule has 0 saturated carbocycles. The van der Waals surface area contributed by atoms with Gasteiger partial charge in [-0.15, -0.1) is 0 Å². The molecule has 1 aromatic heterocycles. The number of thiazole rings is 1. The van der Waals surface area contributed by atoms with Crippen LogP contribution in [0.4, 0.5) is 5.13 Å². The van der Waals surface area contributed by atoms with Gasteiger partial charge in [-0.05, 0) is 48.7 Å². The Morgan fingerprint density at radius 2 is 1.81 bits per heavy atom. The fourth-order valence-electron chi connectivity index (χ4n) is 3.74. The fraction of sp³-hybridized carbons (Fsp3) is 0.381. The first kappa shape index (κ1) is 16.8. The Kier molecular flexibility index (Phi) is 4.17. The summed E-state index contributed by atoms with van der Waals surface area (Å²) in [4.78, 5) is 9.86. The second-order valence-electron chi connectivity index (χ2n) is 7.30. The highest BCUT2D eigenvalue weighted by molar-refractivity contribution is 7.22. The van der Waals surface area contributed by atoms with E-state index in [2.05, 4.69) is 47.9 Å². The van der Waals surface area contributed by atoms with Crippen molar-refractivity contribution in [2.75, 3.05) is 37.9 Å². The van der Waals surface area contributed by atoms with Crippen LogP contribution in [0, 0.1) is 13.8 Å². The summed E-state index contributed by atoms with van der Waals surface area (Å²) in [6.45, 7) is 9.73. The molecule has 0 amide bonds. The van der Waals surface area contributed by atoms with Crippen molar-refractivity contribution in [3.63, 3.8) is 0 Å². The summed E-state index contributed by atoms with van der Waals surface area (Å²) < 4.78 is 12.2. The van der Waals surface area contributed by atoms with Gasteiger partial charge in [-0.2, -0.15) is 0 Å². The minimum atomic E-state index is 0.332. The van der Waals surface area contributed by atoms with Crippen LogP contribution in [0.15, 0.2) is 30.3 Å². The predicted octanol–water partition coefficient (Wildman–Crippen LogP) is 3.96. The summed E-state index contributed by atoms with van der Waals surface area (Å²) in [5, 5.41) is 1.15. The summed E-state index contributed by atoms with van der Waals surface area (Å²) in [6.07, 6.45) is 0. The lowest BCUT2D eigenvalue weighted by Gasteiger charge is -2.34. The van der Waals surface area contributed by atoms with E-state index in [-0.39, 0.29) is 0 Å². The van der Waals surface area contributed by atoms with Crippen molar-refractivity contribution in [3.8, 4) is 11.5 Å². The van der Waals surface area contributed by atoms with Crippen LogP contribution in [0.3, 0.4) is 0 Å². The van der Waals surface area contributed by atoms with E-state index in [4.69, 9.17) is 14.5 Å². The summed E-state index contributed by atoms with van der Waals surface area (Å²) in [5.41, 5.74) is 5.06. The van der Waals surface area contributed by atoms with Crippen LogP contribution in [-0.4, -0.2) is 42.9 Å². The van der Waals surface area contributed by atoms with Crippen molar-refractivity contribution in [3.05, 3.63) is 47.0 Å². The van der Waals surface area contributed by atoms with Gasteiger partial charge in [0, 0.05) is 32.7 Å². The second-order valence-corrected chi connectivity index (χ2v) is 8.31. The van der Waals surface area contributed by atoms with Gasteiger partial charge >= 0.3 is 0 Å². The average Bonchev–Trinajstić information content (AvgIpc) is 3.32. The Bertz CT molecular complexity index is 993. The highest BCUT2D eigenvalue weighted by atomic mass is 32.1. The molecule has 0 spiro atoms. The van der Waals surface area contributed by atoms with Gasteiger partial charge in [0.25, 0.3) is 0 Å². The quantitative estimate of drug-likeness (QED) is 0.686. The Balaban J connectivity index is 1.26. The molecule has 0 radical (unpaired) electrons. The van der Waals surface area contributed by atoms with E-state index in [1.165, 1.54) is 21.4 Å². The summed E-state index contributed by atoms with van der Waals surface area (Å²) in [6, 6.07) is 10.7. The van der Waals surface area contributed by atoms with Crippen LogP contribution in [0.1, 0.15) is 16.7 Å². The van der Waals surface area contributed by atoms with Crippen LogP contribution in [0.2, 0.25) is 0 Å². The van der Waals surface area contributed by atoms with E-state index in [9.17, 15) is 0 Å². The molecule has 2 aromatic carbocycles. The Morgan fingerprint density at radius 3 is 2.67 bits per heavy atom. The lowest BCUT2D eigenvalue weighted by Crippen LogP contribution is -2.45. The zero-order valence-electron chi connectivity index (χ0n) is 15.7. The van der Waals surface area contributed by atoms with Gasteiger partial charge in [-0.25, -0.2) is 4.98 Å². The maximum atomic E-state index is 5.49. The molecule has 0 unspecified atom stereocenters. The van der Waals surface area contributed by atoms with E-state index >= 15 is 0 Å². The third-order valence-electron chi connectivity index (χ3n) is 5.56. The lowest BCUT2D eigenvalue weighted by molar-refractivity contribution is 0.174. The minimum absolute atomic E-state index is 0.332. The smallest absolute Gasteiger partial charge is 0.231 e. The average molecular weight is 382 g/mol. The first-order valence-corrected chi connectivity index (χ1v) is 10.2. The molecule has 3 aromatic rings. The number of rotatable bonds is 3. The van der Waals surface area contributed by atoms with Crippen LogP contribution < -0.4 is 14.4 Å². The van der Waals surface area contributed by atoms with Crippen molar-refractivity contribution in [1.82, 2.24) is 9.88 Å². The zero-order valence-corrected chi connectivity index (χ0v) is 16.5. The van der Waals surface area contributed by atoms with Gasteiger partial charge in [-0.1, -0.05) is 23.5 Å². The summed E-state index contributed by atoms with van der Waals surface area (Å²) in [7, 11) is 0. The van der Waals surface area contributed by atoms with Crippen LogP contribution in [-0.2, 0) is 6.54 Å². The number of piperazine rings is 1. The van der Waals surface area contributed by atoms with Gasteiger partial charge in [0.05, 0.1) is 10.2 Å². The van der Waals surface area contributed by atoms with Gasteiger partial charge in [0.2, 0.25) is 6.79 Å². The summed E-state index contributed by atoms with van der Waals surface area (Å²) in [5.74, 6) is 1.72. The van der Waals surface area contributed by atoms with Crippen molar-refractivity contribution in [2.24, 2.45) is 0 Å². The molecule has 0 N–H and O–H groups in total. The van der Waals surface area contributed by atoms with Crippen molar-refractivity contribution < 1.29 is 9.47 Å². The van der Waals surface area contributed by atoms with Crippen LogP contribution in [0.5, 0.6) is 11.5 Å². The van der Waals surface area contributed by atoms with Gasteiger partial charge in [0.1, 0.15) is 0 Å². The monoisotopic (exact) mass is 381 g/mol. The number of nitrogens with zero attached hydrogens (tertiary/aromatic N) is 3. The molecule has 5 rings (SSSR count). The third-order valence-corrected chi connectivity index (χ3v) is 6.64. The first-order chi connectivity index (χ1) is 13.2. The maximum absolute atomic E-state index is 5.49. The topological polar surface area (TPSA) is 37.8 Å². The minimum Gasteiger partial charge on any atom is -0.454 e. The number of ether oxygens (including phenoxy) is 2. The normalized spacial score (nSPS) is 17.0. The number of hydrogen-bond donors (Lipinski definition) is 0. The van der Waals surface area contributed by atoms with Gasteiger partial charge in [-0.3, -0.25) is 4.90 Å². The van der Waals surface area contributed by atoms with E-state index in [1.54, 1.807) is 0 Å². The Hall–Kier alpha value is -2.31. The predicted molar refractivity (Wildman–Crippen MR) is 109 cm³/mol. The van der Waals surface area contributed by atoms with E-state index in [0.29, 0.717) is 6.79 Å². The summed E-state index contributed by atoms with van der Waals surface area (Å²) >= 11 is 1.81. The molecule has 5 nitrogen and oxygen atoms in total. The SMILES string of the molecule is Cc1ccc2sc(N3CCN(Cc4ccc5c(c4)OCO5)CC3)nc2c1C. The molecular weight excluding hydrogens is 358 g/mol. The molecule has 2 aliphatic heterocycles. The first-order valence-electron chi connectivity index (χ1n) is 9.40. The largest absolute Gasteiger partial charge is 0.454 e. The van der Waals surface area contributed by atoms with E-state index in [1.807, 2.05) is 17.4 Å². The molecule has 2 aliphatic rings. The highest BCUT2D eigenvalue weighted by Crippen LogP contribution is 2.34. The fourth-order valence-corrected chi connectivity index (χ4v) is 4.82. The number of fused-ring (bicyclic) bond motifs is 2. The number of aromatic nitrogens is 1. The lowest BCUT2D eigenvalue weighted by atomic mass is 10.1. The van der Waals surface area contributed by atoms with Crippen molar-refractivity contribution in [2.45, 2.75) is 20.4 Å². The van der Waals surface area contributed by atoms with Crippen molar-refractivity contribution >= 4 is 26.7 Å². The molecule has 1 saturated heterocycles. The molecule has 0 bridgehead atoms. The molecule has 140 valence electrons. The molecule has 0 atom stereocenters. The number of anilines is 1. The van der Waals surface area contributed by atoms with Gasteiger partial charge in [0.15, 0.2) is 16.6 Å². The molecule has 27 heavy (non-hydrogen) atoms. The molecule has 0 aliphatic carbocycles. The molecular formula is C21H23N3O2S. The van der Waals surface area contributed by atoms with E-state index in [0.717, 1.165) is 54.9 Å². The zero-order chi connectivity index (χ0) is 18.4. The number of benzene rings is 2. The highest BCUT2D eigenvalue weighted by Gasteiger charge is 2.21. The Morgan fingerprint density at radius 1 is 1.00 bits per heavy atom. The molecule has 6 heteroatoms. The third kappa shape index (κ3) is 3.13. The Labute approximate surface area is 163 Å². The van der Waals surface area contributed by atoms with Crippen LogP contribution >= 0.6 is 11.3 Å². The molecule has 1 fully saturated rings. The van der Waals surface area contributed by atoms with Crippen LogP contribution in [0.25, 0.3) is 10.2 Å². The number of aryl methyl sites for hydroxylation is 2.